The summed E-state index contributed by atoms with van der Waals surface area (Å²) < 4.78 is 5.19. The lowest BCUT2D eigenvalue weighted by Crippen LogP contribution is -2.29. The maximum atomic E-state index is 11.0. The molecule has 0 radical (unpaired) electrons. The van der Waals surface area contributed by atoms with Gasteiger partial charge < -0.3 is 14.5 Å². The number of anilines is 1. The molecule has 0 spiro atoms. The van der Waals surface area contributed by atoms with Crippen LogP contribution >= 0.6 is 11.6 Å². The van der Waals surface area contributed by atoms with Crippen LogP contribution in [0.15, 0.2) is 28.8 Å². The first-order valence-electron chi connectivity index (χ1n) is 6.66. The van der Waals surface area contributed by atoms with E-state index in [0.717, 1.165) is 18.5 Å². The highest BCUT2D eigenvalue weighted by Crippen LogP contribution is 2.38. The lowest BCUT2D eigenvalue weighted by atomic mass is 10.3. The third kappa shape index (κ3) is 3.52. The van der Waals surface area contributed by atoms with Crippen LogP contribution < -0.4 is 4.90 Å². The standard InChI is InChI=1S/C14H14ClN3O3/c15-10-3-5-11(6-4-10)18(8-13(19)20)7-12-16-14(21-17-12)9-1-2-9/h3-6,9H,1-2,7-8H2,(H,19,20). The highest BCUT2D eigenvalue weighted by molar-refractivity contribution is 6.30. The van der Waals surface area contributed by atoms with Gasteiger partial charge in [-0.25, -0.2) is 0 Å². The van der Waals surface area contributed by atoms with E-state index in [-0.39, 0.29) is 13.1 Å². The summed E-state index contributed by atoms with van der Waals surface area (Å²) in [5.41, 5.74) is 0.750. The molecule has 3 rings (SSSR count). The molecule has 1 aliphatic carbocycles. The summed E-state index contributed by atoms with van der Waals surface area (Å²) >= 11 is 5.85. The molecule has 6 nitrogen and oxygen atoms in total. The fourth-order valence-corrected chi connectivity index (χ4v) is 2.18. The molecule has 0 amide bonds. The number of benzene rings is 1. The third-order valence-corrected chi connectivity index (χ3v) is 3.51. The molecule has 1 aromatic heterocycles. The summed E-state index contributed by atoms with van der Waals surface area (Å²) in [4.78, 5) is 17.0. The van der Waals surface area contributed by atoms with Gasteiger partial charge in [-0.15, -0.1) is 0 Å². The molecule has 7 heteroatoms. The first kappa shape index (κ1) is 13.9. The summed E-state index contributed by atoms with van der Waals surface area (Å²) in [5, 5.41) is 13.6. The van der Waals surface area contributed by atoms with Crippen molar-refractivity contribution < 1.29 is 14.4 Å². The highest BCUT2D eigenvalue weighted by Gasteiger charge is 2.29. The molecule has 21 heavy (non-hydrogen) atoms. The maximum absolute atomic E-state index is 11.0. The number of carbonyl (C=O) groups is 1. The van der Waals surface area contributed by atoms with Gasteiger partial charge in [0.2, 0.25) is 5.89 Å². The molecule has 0 unspecified atom stereocenters. The van der Waals surface area contributed by atoms with Crippen molar-refractivity contribution in [1.29, 1.82) is 0 Å². The zero-order valence-electron chi connectivity index (χ0n) is 11.2. The quantitative estimate of drug-likeness (QED) is 0.884. The zero-order valence-corrected chi connectivity index (χ0v) is 12.0. The number of carboxylic acids is 1. The van der Waals surface area contributed by atoms with E-state index in [4.69, 9.17) is 21.2 Å². The minimum absolute atomic E-state index is 0.144. The number of carboxylic acid groups (broad SMARTS) is 1. The Bertz CT molecular complexity index is 637. The molecular formula is C14H14ClN3O3. The van der Waals surface area contributed by atoms with E-state index in [0.29, 0.717) is 22.7 Å². The van der Waals surface area contributed by atoms with Gasteiger partial charge in [-0.2, -0.15) is 4.98 Å². The van der Waals surface area contributed by atoms with Gasteiger partial charge in [0.1, 0.15) is 6.54 Å². The number of hydrogen-bond donors (Lipinski definition) is 1. The van der Waals surface area contributed by atoms with Crippen molar-refractivity contribution in [3.63, 3.8) is 0 Å². The lowest BCUT2D eigenvalue weighted by molar-refractivity contribution is -0.135. The molecule has 1 aromatic carbocycles. The maximum Gasteiger partial charge on any atom is 0.323 e. The minimum atomic E-state index is -0.920. The molecular weight excluding hydrogens is 294 g/mol. The van der Waals surface area contributed by atoms with Gasteiger partial charge in [0.25, 0.3) is 0 Å². The van der Waals surface area contributed by atoms with Crippen molar-refractivity contribution in [1.82, 2.24) is 10.1 Å². The fraction of sp³-hybridized carbons (Fsp3) is 0.357. The topological polar surface area (TPSA) is 79.5 Å². The summed E-state index contributed by atoms with van der Waals surface area (Å²) in [6.45, 7) is 0.138. The fourth-order valence-electron chi connectivity index (χ4n) is 2.05. The Kier molecular flexibility index (Phi) is 3.79. The second-order valence-corrected chi connectivity index (χ2v) is 5.49. The van der Waals surface area contributed by atoms with E-state index in [1.165, 1.54) is 0 Å². The molecule has 1 heterocycles. The molecule has 0 bridgehead atoms. The molecule has 0 atom stereocenters. The Morgan fingerprint density at radius 2 is 2.10 bits per heavy atom. The van der Waals surface area contributed by atoms with Gasteiger partial charge in [-0.1, -0.05) is 16.8 Å². The van der Waals surface area contributed by atoms with Crippen LogP contribution in [0.3, 0.4) is 0 Å². The van der Waals surface area contributed by atoms with Crippen molar-refractivity contribution in [2.45, 2.75) is 25.3 Å². The van der Waals surface area contributed by atoms with Crippen LogP contribution in [0.5, 0.6) is 0 Å². The average molecular weight is 308 g/mol. The number of hydrogen-bond acceptors (Lipinski definition) is 5. The van der Waals surface area contributed by atoms with Crippen LogP contribution in [0, 0.1) is 0 Å². The summed E-state index contributed by atoms with van der Waals surface area (Å²) in [5.74, 6) is 0.607. The lowest BCUT2D eigenvalue weighted by Gasteiger charge is -2.21. The van der Waals surface area contributed by atoms with Gasteiger partial charge in [-0.3, -0.25) is 4.79 Å². The largest absolute Gasteiger partial charge is 0.480 e. The van der Waals surface area contributed by atoms with Gasteiger partial charge >= 0.3 is 5.97 Å². The smallest absolute Gasteiger partial charge is 0.323 e. The molecule has 110 valence electrons. The Balaban J connectivity index is 1.77. The van der Waals surface area contributed by atoms with Crippen LogP contribution in [0.1, 0.15) is 30.5 Å². The van der Waals surface area contributed by atoms with Crippen LogP contribution in [-0.2, 0) is 11.3 Å². The van der Waals surface area contributed by atoms with Gasteiger partial charge in [-0.05, 0) is 37.1 Å². The van der Waals surface area contributed by atoms with Crippen molar-refractivity contribution in [3.8, 4) is 0 Å². The highest BCUT2D eigenvalue weighted by atomic mass is 35.5. The minimum Gasteiger partial charge on any atom is -0.480 e. The van der Waals surface area contributed by atoms with Crippen LogP contribution in [0.2, 0.25) is 5.02 Å². The van der Waals surface area contributed by atoms with Crippen LogP contribution in [-0.4, -0.2) is 27.8 Å². The Morgan fingerprint density at radius 3 is 2.71 bits per heavy atom. The normalized spacial score (nSPS) is 14.1. The summed E-state index contributed by atoms with van der Waals surface area (Å²) in [6.07, 6.45) is 2.16. The number of halogens is 1. The molecule has 0 aliphatic heterocycles. The van der Waals surface area contributed by atoms with Gasteiger partial charge in [0.05, 0.1) is 6.54 Å². The van der Waals surface area contributed by atoms with E-state index >= 15 is 0 Å². The van der Waals surface area contributed by atoms with E-state index in [2.05, 4.69) is 10.1 Å². The number of aliphatic carboxylic acids is 1. The number of rotatable bonds is 6. The van der Waals surface area contributed by atoms with Crippen molar-refractivity contribution in [3.05, 3.63) is 41.0 Å². The summed E-state index contributed by atoms with van der Waals surface area (Å²) in [7, 11) is 0. The second-order valence-electron chi connectivity index (χ2n) is 5.05. The predicted molar refractivity (Wildman–Crippen MR) is 76.4 cm³/mol. The van der Waals surface area contributed by atoms with Crippen LogP contribution in [0.25, 0.3) is 0 Å². The first-order chi connectivity index (χ1) is 10.1. The van der Waals surface area contributed by atoms with E-state index in [1.54, 1.807) is 29.2 Å². The zero-order chi connectivity index (χ0) is 14.8. The Labute approximate surface area is 126 Å². The number of aromatic nitrogens is 2. The molecule has 1 N–H and O–H groups in total. The third-order valence-electron chi connectivity index (χ3n) is 3.26. The molecule has 1 saturated carbocycles. The van der Waals surface area contributed by atoms with Crippen molar-refractivity contribution >= 4 is 23.3 Å². The monoisotopic (exact) mass is 307 g/mol. The van der Waals surface area contributed by atoms with E-state index in [9.17, 15) is 4.79 Å². The van der Waals surface area contributed by atoms with E-state index in [1.807, 2.05) is 0 Å². The molecule has 1 fully saturated rings. The Hall–Kier alpha value is -2.08. The second kappa shape index (κ2) is 5.73. The average Bonchev–Trinajstić information content (AvgIpc) is 3.19. The number of nitrogens with zero attached hydrogens (tertiary/aromatic N) is 3. The molecule has 0 saturated heterocycles. The van der Waals surface area contributed by atoms with Crippen molar-refractivity contribution in [2.75, 3.05) is 11.4 Å². The van der Waals surface area contributed by atoms with Crippen LogP contribution in [0.4, 0.5) is 5.69 Å². The van der Waals surface area contributed by atoms with Gasteiger partial charge in [0, 0.05) is 16.6 Å². The first-order valence-corrected chi connectivity index (χ1v) is 7.04. The van der Waals surface area contributed by atoms with Gasteiger partial charge in [0.15, 0.2) is 5.82 Å². The molecule has 2 aromatic rings. The molecule has 1 aliphatic rings. The van der Waals surface area contributed by atoms with E-state index < -0.39 is 5.97 Å². The Morgan fingerprint density at radius 1 is 1.38 bits per heavy atom. The summed E-state index contributed by atoms with van der Waals surface area (Å²) in [6, 6.07) is 6.98. The predicted octanol–water partition coefficient (Wildman–Crippen LogP) is 2.69. The van der Waals surface area contributed by atoms with Crippen molar-refractivity contribution in [2.24, 2.45) is 0 Å². The SMILES string of the molecule is O=C(O)CN(Cc1noc(C2CC2)n1)c1ccc(Cl)cc1.